The maximum atomic E-state index is 8.46. The van der Waals surface area contributed by atoms with Crippen LogP contribution in [0.5, 0.6) is 0 Å². The number of nitrogens with one attached hydrogen (secondary N) is 1. The van der Waals surface area contributed by atoms with E-state index in [-0.39, 0.29) is 6.61 Å². The van der Waals surface area contributed by atoms with E-state index in [4.69, 9.17) is 14.6 Å². The molecule has 0 aromatic heterocycles. The highest BCUT2D eigenvalue weighted by atomic mass is 16.5. The van der Waals surface area contributed by atoms with Crippen LogP contribution in [0.3, 0.4) is 0 Å². The Morgan fingerprint density at radius 2 is 2.36 bits per heavy atom. The molecule has 84 valence electrons. The molecule has 0 amide bonds. The number of ether oxygens (including phenoxy) is 2. The van der Waals surface area contributed by atoms with Crippen molar-refractivity contribution in [2.45, 2.75) is 12.8 Å². The molecule has 0 saturated carbocycles. The van der Waals surface area contributed by atoms with Gasteiger partial charge in [0.25, 0.3) is 0 Å². The third kappa shape index (κ3) is 5.54. The first kappa shape index (κ1) is 11.9. The van der Waals surface area contributed by atoms with E-state index in [9.17, 15) is 0 Å². The molecule has 0 bridgehead atoms. The minimum absolute atomic E-state index is 0.108. The maximum absolute atomic E-state index is 8.46. The quantitative estimate of drug-likeness (QED) is 0.572. The van der Waals surface area contributed by atoms with Crippen LogP contribution in [0.15, 0.2) is 0 Å². The molecular weight excluding hydrogens is 182 g/mol. The Balaban J connectivity index is 1.82. The molecule has 1 atom stereocenters. The molecule has 0 spiro atoms. The van der Waals surface area contributed by atoms with Crippen LogP contribution < -0.4 is 5.32 Å². The maximum Gasteiger partial charge on any atom is 0.0698 e. The zero-order chi connectivity index (χ0) is 10.1. The predicted molar refractivity (Wildman–Crippen MR) is 54.3 cm³/mol. The average Bonchev–Trinajstić information content (AvgIpc) is 2.25. The summed E-state index contributed by atoms with van der Waals surface area (Å²) in [5.41, 5.74) is 0. The third-order valence-corrected chi connectivity index (χ3v) is 2.35. The molecule has 2 N–H and O–H groups in total. The minimum Gasteiger partial charge on any atom is -0.394 e. The van der Waals surface area contributed by atoms with Crippen molar-refractivity contribution in [2.24, 2.45) is 5.92 Å². The molecule has 1 unspecified atom stereocenters. The summed E-state index contributed by atoms with van der Waals surface area (Å²) in [5.74, 6) is 0.668. The molecule has 4 heteroatoms. The third-order valence-electron chi connectivity index (χ3n) is 2.35. The van der Waals surface area contributed by atoms with Gasteiger partial charge in [-0.15, -0.1) is 0 Å². The topological polar surface area (TPSA) is 50.7 Å². The van der Waals surface area contributed by atoms with Crippen molar-refractivity contribution in [1.82, 2.24) is 5.32 Å². The van der Waals surface area contributed by atoms with Gasteiger partial charge in [0.1, 0.15) is 0 Å². The Morgan fingerprint density at radius 1 is 1.43 bits per heavy atom. The lowest BCUT2D eigenvalue weighted by Gasteiger charge is -2.22. The first-order chi connectivity index (χ1) is 6.93. The van der Waals surface area contributed by atoms with Crippen LogP contribution in [0.2, 0.25) is 0 Å². The van der Waals surface area contributed by atoms with E-state index in [2.05, 4.69) is 5.32 Å². The molecule has 0 radical (unpaired) electrons. The molecular formula is C10H21NO3. The van der Waals surface area contributed by atoms with Crippen molar-refractivity contribution in [1.29, 1.82) is 0 Å². The van der Waals surface area contributed by atoms with Crippen LogP contribution in [0.1, 0.15) is 12.8 Å². The number of rotatable bonds is 7. The molecule has 0 aromatic rings. The van der Waals surface area contributed by atoms with E-state index >= 15 is 0 Å². The summed E-state index contributed by atoms with van der Waals surface area (Å²) in [6.45, 7) is 4.92. The zero-order valence-electron chi connectivity index (χ0n) is 8.71. The summed E-state index contributed by atoms with van der Waals surface area (Å²) in [6.07, 6.45) is 2.46. The van der Waals surface area contributed by atoms with Crippen molar-refractivity contribution in [3.63, 3.8) is 0 Å². The van der Waals surface area contributed by atoms with Gasteiger partial charge in [-0.3, -0.25) is 0 Å². The van der Waals surface area contributed by atoms with E-state index in [0.717, 1.165) is 26.3 Å². The largest absolute Gasteiger partial charge is 0.394 e. The lowest BCUT2D eigenvalue weighted by atomic mass is 10.0. The van der Waals surface area contributed by atoms with Gasteiger partial charge in [-0.05, 0) is 18.8 Å². The van der Waals surface area contributed by atoms with Crippen molar-refractivity contribution < 1.29 is 14.6 Å². The highest BCUT2D eigenvalue weighted by Crippen LogP contribution is 2.11. The van der Waals surface area contributed by atoms with Crippen molar-refractivity contribution in [3.8, 4) is 0 Å². The Morgan fingerprint density at radius 3 is 3.07 bits per heavy atom. The van der Waals surface area contributed by atoms with E-state index in [0.29, 0.717) is 19.1 Å². The molecule has 1 aliphatic rings. The van der Waals surface area contributed by atoms with Crippen LogP contribution in [-0.4, -0.2) is 51.2 Å². The van der Waals surface area contributed by atoms with Gasteiger partial charge < -0.3 is 19.9 Å². The minimum atomic E-state index is 0.108. The fourth-order valence-electron chi connectivity index (χ4n) is 1.59. The second kappa shape index (κ2) is 8.17. The monoisotopic (exact) mass is 203 g/mol. The van der Waals surface area contributed by atoms with Crippen LogP contribution in [0.4, 0.5) is 0 Å². The highest BCUT2D eigenvalue weighted by Gasteiger charge is 2.12. The molecule has 0 aliphatic carbocycles. The summed E-state index contributed by atoms with van der Waals surface area (Å²) < 4.78 is 10.5. The summed E-state index contributed by atoms with van der Waals surface area (Å²) >= 11 is 0. The lowest BCUT2D eigenvalue weighted by molar-refractivity contribution is 0.0527. The standard InChI is InChI=1S/C10H21NO3/c12-4-7-13-6-3-11-8-10-2-1-5-14-9-10/h10-12H,1-9H2. The van der Waals surface area contributed by atoms with Gasteiger partial charge in [-0.2, -0.15) is 0 Å². The van der Waals surface area contributed by atoms with Crippen LogP contribution in [-0.2, 0) is 9.47 Å². The number of aliphatic hydroxyl groups is 1. The molecule has 14 heavy (non-hydrogen) atoms. The van der Waals surface area contributed by atoms with Gasteiger partial charge in [0, 0.05) is 19.7 Å². The normalized spacial score (nSPS) is 22.5. The predicted octanol–water partition coefficient (Wildman–Crippen LogP) is 0.0115. The fourth-order valence-corrected chi connectivity index (χ4v) is 1.59. The summed E-state index contributed by atoms with van der Waals surface area (Å²) in [6, 6.07) is 0. The smallest absolute Gasteiger partial charge is 0.0698 e. The van der Waals surface area contributed by atoms with Gasteiger partial charge in [-0.25, -0.2) is 0 Å². The van der Waals surface area contributed by atoms with Crippen molar-refractivity contribution in [3.05, 3.63) is 0 Å². The Kier molecular flexibility index (Phi) is 6.95. The van der Waals surface area contributed by atoms with E-state index in [1.54, 1.807) is 0 Å². The number of hydrogen-bond donors (Lipinski definition) is 2. The van der Waals surface area contributed by atoms with Gasteiger partial charge >= 0.3 is 0 Å². The number of aliphatic hydroxyl groups excluding tert-OH is 1. The average molecular weight is 203 g/mol. The molecule has 1 heterocycles. The Hall–Kier alpha value is -0.160. The zero-order valence-corrected chi connectivity index (χ0v) is 8.71. The summed E-state index contributed by atoms with van der Waals surface area (Å²) in [7, 11) is 0. The van der Waals surface area contributed by atoms with Crippen molar-refractivity contribution in [2.75, 3.05) is 46.1 Å². The van der Waals surface area contributed by atoms with Gasteiger partial charge in [0.2, 0.25) is 0 Å². The first-order valence-electron chi connectivity index (χ1n) is 5.40. The van der Waals surface area contributed by atoms with E-state index in [1.165, 1.54) is 12.8 Å². The number of hydrogen-bond acceptors (Lipinski definition) is 4. The summed E-state index contributed by atoms with van der Waals surface area (Å²) in [4.78, 5) is 0. The second-order valence-corrected chi connectivity index (χ2v) is 3.62. The molecule has 0 aromatic carbocycles. The van der Waals surface area contributed by atoms with Crippen LogP contribution in [0.25, 0.3) is 0 Å². The van der Waals surface area contributed by atoms with E-state index < -0.39 is 0 Å². The van der Waals surface area contributed by atoms with Gasteiger partial charge in [-0.1, -0.05) is 0 Å². The van der Waals surface area contributed by atoms with E-state index in [1.807, 2.05) is 0 Å². The van der Waals surface area contributed by atoms with Crippen molar-refractivity contribution >= 4 is 0 Å². The van der Waals surface area contributed by atoms with Gasteiger partial charge in [0.05, 0.1) is 26.4 Å². The van der Waals surface area contributed by atoms with Gasteiger partial charge in [0.15, 0.2) is 0 Å². The molecule has 1 rings (SSSR count). The Labute approximate surface area is 85.6 Å². The molecule has 1 aliphatic heterocycles. The van der Waals surface area contributed by atoms with Crippen LogP contribution in [0, 0.1) is 5.92 Å². The SMILES string of the molecule is OCCOCCNCC1CCCOC1. The summed E-state index contributed by atoms with van der Waals surface area (Å²) in [5, 5.41) is 11.8. The lowest BCUT2D eigenvalue weighted by Crippen LogP contribution is -2.31. The molecule has 1 fully saturated rings. The Bertz CT molecular complexity index is 127. The second-order valence-electron chi connectivity index (χ2n) is 3.62. The van der Waals surface area contributed by atoms with Crippen LogP contribution >= 0.6 is 0 Å². The molecule has 4 nitrogen and oxygen atoms in total. The highest BCUT2D eigenvalue weighted by molar-refractivity contribution is 4.65. The molecule has 1 saturated heterocycles. The fraction of sp³-hybridized carbons (Fsp3) is 1.00. The first-order valence-corrected chi connectivity index (χ1v) is 5.40.